The fourth-order valence-electron chi connectivity index (χ4n) is 13.0. The molecule has 1 spiro atoms. The van der Waals surface area contributed by atoms with E-state index in [1.165, 1.54) is 94.1 Å². The highest BCUT2D eigenvalue weighted by Crippen LogP contribution is 2.65. The smallest absolute Gasteiger partial charge is 0.0726 e. The van der Waals surface area contributed by atoms with Gasteiger partial charge in [0.15, 0.2) is 0 Å². The molecule has 1 aromatic heterocycles. The van der Waals surface area contributed by atoms with Crippen LogP contribution < -0.4 is 4.90 Å². The maximum atomic E-state index is 2.58. The first kappa shape index (κ1) is 42.9. The Morgan fingerprint density at radius 1 is 0.267 bits per heavy atom. The number of fused-ring (bicyclic) bond motifs is 13. The van der Waals surface area contributed by atoms with Gasteiger partial charge in [-0.25, -0.2) is 0 Å². The molecule has 0 saturated heterocycles. The van der Waals surface area contributed by atoms with Crippen LogP contribution in [0.25, 0.3) is 94.3 Å². The molecule has 0 saturated carbocycles. The molecule has 2 heteroatoms. The number of aromatic nitrogens is 1. The first-order valence-corrected chi connectivity index (χ1v) is 26.0. The molecule has 2 aliphatic rings. The second-order valence-corrected chi connectivity index (χ2v) is 19.9. The Balaban J connectivity index is 1.02. The molecule has 15 rings (SSSR count). The van der Waals surface area contributed by atoms with Gasteiger partial charge in [0.1, 0.15) is 0 Å². The molecule has 0 unspecified atom stereocenters. The van der Waals surface area contributed by atoms with Crippen molar-refractivity contribution < 1.29 is 0 Å². The number of hydrogen-bond acceptors (Lipinski definition) is 1. The highest BCUT2D eigenvalue weighted by Gasteiger charge is 2.52. The third-order valence-corrected chi connectivity index (χ3v) is 16.0. The Morgan fingerprint density at radius 2 is 0.733 bits per heavy atom. The Morgan fingerprint density at radius 3 is 1.44 bits per heavy atom. The van der Waals surface area contributed by atoms with Gasteiger partial charge in [-0.1, -0.05) is 237 Å². The average Bonchev–Trinajstić information content (AvgIpc) is 4.22. The van der Waals surface area contributed by atoms with Crippen molar-refractivity contribution >= 4 is 38.9 Å². The predicted molar refractivity (Wildman–Crippen MR) is 314 cm³/mol. The predicted octanol–water partition coefficient (Wildman–Crippen LogP) is 19.3. The van der Waals surface area contributed by atoms with Crippen LogP contribution in [0.15, 0.2) is 291 Å². The largest absolute Gasteiger partial charge is 0.309 e. The molecular weight excluding hydrogens is 905 g/mol. The van der Waals surface area contributed by atoms with Crippen LogP contribution in [-0.2, 0) is 5.41 Å². The highest BCUT2D eigenvalue weighted by atomic mass is 15.1. The fraction of sp³-hybridized carbons (Fsp3) is 0.0137. The van der Waals surface area contributed by atoms with Crippen LogP contribution in [-0.4, -0.2) is 4.57 Å². The van der Waals surface area contributed by atoms with E-state index in [-0.39, 0.29) is 0 Å². The van der Waals surface area contributed by atoms with Crippen LogP contribution in [0.4, 0.5) is 17.1 Å². The standard InChI is InChI=1S/C73H48N2/c1-4-23-49(24-5-1)55-31-10-11-35-60(55)71-56(50-25-6-2-7-26-50)37-21-43-69(71)75(54-30-20-27-51(47-54)52-45-46-68-62(48-52)59-34-15-19-42-67(59)74(68)53-28-8-3-9-29-53)70-44-22-41-66-72(70)61-36-14-18-40-65(61)73(66)63-38-16-12-32-57(63)58-33-13-17-39-64(58)73/h1-48H. The number of benzene rings is 12. The topological polar surface area (TPSA) is 8.17 Å². The van der Waals surface area contributed by atoms with Crippen molar-refractivity contribution in [3.63, 3.8) is 0 Å². The molecule has 2 aliphatic carbocycles. The molecule has 0 aliphatic heterocycles. The maximum absolute atomic E-state index is 2.58. The Kier molecular flexibility index (Phi) is 9.83. The van der Waals surface area contributed by atoms with E-state index in [2.05, 4.69) is 301 Å². The number of nitrogens with zero attached hydrogens (tertiary/aromatic N) is 2. The van der Waals surface area contributed by atoms with Gasteiger partial charge in [0, 0.05) is 33.3 Å². The quantitative estimate of drug-likeness (QED) is 0.147. The summed E-state index contributed by atoms with van der Waals surface area (Å²) in [4.78, 5) is 2.58. The van der Waals surface area contributed by atoms with Crippen LogP contribution in [0.1, 0.15) is 22.3 Å². The fourth-order valence-corrected chi connectivity index (χ4v) is 13.0. The van der Waals surface area contributed by atoms with Gasteiger partial charge in [0.25, 0.3) is 0 Å². The van der Waals surface area contributed by atoms with Crippen LogP contribution in [0.3, 0.4) is 0 Å². The third kappa shape index (κ3) is 6.46. The van der Waals surface area contributed by atoms with Crippen molar-refractivity contribution in [1.82, 2.24) is 4.57 Å². The summed E-state index contributed by atoms with van der Waals surface area (Å²) in [5.41, 5.74) is 26.0. The summed E-state index contributed by atoms with van der Waals surface area (Å²) in [5, 5.41) is 2.46. The first-order valence-electron chi connectivity index (χ1n) is 26.0. The maximum Gasteiger partial charge on any atom is 0.0726 e. The lowest BCUT2D eigenvalue weighted by Gasteiger charge is -2.33. The third-order valence-electron chi connectivity index (χ3n) is 16.0. The minimum absolute atomic E-state index is 0.508. The normalized spacial score (nSPS) is 12.6. The second kappa shape index (κ2) is 17.2. The lowest BCUT2D eigenvalue weighted by atomic mass is 9.70. The van der Waals surface area contributed by atoms with Gasteiger partial charge in [-0.2, -0.15) is 0 Å². The minimum atomic E-state index is -0.508. The first-order chi connectivity index (χ1) is 37.3. The van der Waals surface area contributed by atoms with Gasteiger partial charge >= 0.3 is 0 Å². The van der Waals surface area contributed by atoms with Crippen molar-refractivity contribution in [3.05, 3.63) is 313 Å². The van der Waals surface area contributed by atoms with Gasteiger partial charge in [0.2, 0.25) is 0 Å². The van der Waals surface area contributed by atoms with Crippen LogP contribution in [0, 0.1) is 0 Å². The van der Waals surface area contributed by atoms with Crippen molar-refractivity contribution in [2.45, 2.75) is 5.41 Å². The number of para-hydroxylation sites is 2. The molecule has 2 nitrogen and oxygen atoms in total. The van der Waals surface area contributed by atoms with Crippen LogP contribution in [0.5, 0.6) is 0 Å². The summed E-state index contributed by atoms with van der Waals surface area (Å²) in [6, 6.07) is 108. The average molecular weight is 953 g/mol. The molecule has 0 fully saturated rings. The molecule has 75 heavy (non-hydrogen) atoms. The summed E-state index contributed by atoms with van der Waals surface area (Å²) >= 11 is 0. The molecule has 0 amide bonds. The van der Waals surface area contributed by atoms with Crippen molar-refractivity contribution in [3.8, 4) is 72.4 Å². The summed E-state index contributed by atoms with van der Waals surface area (Å²) < 4.78 is 2.39. The van der Waals surface area contributed by atoms with E-state index >= 15 is 0 Å². The molecule has 0 N–H and O–H groups in total. The van der Waals surface area contributed by atoms with E-state index < -0.39 is 5.41 Å². The lowest BCUT2D eigenvalue weighted by Crippen LogP contribution is -2.26. The van der Waals surface area contributed by atoms with Crippen molar-refractivity contribution in [2.24, 2.45) is 0 Å². The Hall–Kier alpha value is -9.76. The van der Waals surface area contributed by atoms with E-state index in [0.717, 1.165) is 39.4 Å². The van der Waals surface area contributed by atoms with Crippen LogP contribution in [0.2, 0.25) is 0 Å². The molecule has 350 valence electrons. The van der Waals surface area contributed by atoms with Gasteiger partial charge in [-0.05, 0) is 132 Å². The zero-order chi connectivity index (χ0) is 49.5. The summed E-state index contributed by atoms with van der Waals surface area (Å²) in [5.74, 6) is 0. The zero-order valence-electron chi connectivity index (χ0n) is 41.1. The Labute approximate surface area is 437 Å². The number of anilines is 3. The monoisotopic (exact) mass is 952 g/mol. The lowest BCUT2D eigenvalue weighted by molar-refractivity contribution is 0.794. The second-order valence-electron chi connectivity index (χ2n) is 19.9. The zero-order valence-corrected chi connectivity index (χ0v) is 41.1. The molecule has 13 aromatic rings. The molecular formula is C73H48N2. The summed E-state index contributed by atoms with van der Waals surface area (Å²) in [6.07, 6.45) is 0. The van der Waals surface area contributed by atoms with E-state index in [1.54, 1.807) is 0 Å². The van der Waals surface area contributed by atoms with E-state index in [9.17, 15) is 0 Å². The van der Waals surface area contributed by atoms with Gasteiger partial charge in [0.05, 0.1) is 27.8 Å². The van der Waals surface area contributed by atoms with Gasteiger partial charge in [-0.3, -0.25) is 0 Å². The highest BCUT2D eigenvalue weighted by molar-refractivity contribution is 6.11. The number of hydrogen-bond donors (Lipinski definition) is 0. The van der Waals surface area contributed by atoms with Crippen molar-refractivity contribution in [2.75, 3.05) is 4.90 Å². The van der Waals surface area contributed by atoms with Gasteiger partial charge in [-0.15, -0.1) is 0 Å². The number of rotatable bonds is 8. The van der Waals surface area contributed by atoms with E-state index in [0.29, 0.717) is 0 Å². The Bertz CT molecular complexity index is 4310. The van der Waals surface area contributed by atoms with Crippen LogP contribution >= 0.6 is 0 Å². The molecule has 0 bridgehead atoms. The van der Waals surface area contributed by atoms with Gasteiger partial charge < -0.3 is 9.47 Å². The summed E-state index contributed by atoms with van der Waals surface area (Å²) in [6.45, 7) is 0. The SMILES string of the molecule is c1ccc(-c2ccccc2-c2c(-c3ccccc3)cccc2N(c2cccc(-c3ccc4c(c3)c3ccccc3n4-c3ccccc3)c2)c2cccc3c2-c2ccccc2C32c3ccccc3-c3ccccc32)cc1. The van der Waals surface area contributed by atoms with Crippen molar-refractivity contribution in [1.29, 1.82) is 0 Å². The van der Waals surface area contributed by atoms with E-state index in [4.69, 9.17) is 0 Å². The van der Waals surface area contributed by atoms with E-state index in [1.807, 2.05) is 0 Å². The molecule has 12 aromatic carbocycles. The molecule has 1 heterocycles. The molecule has 0 atom stereocenters. The minimum Gasteiger partial charge on any atom is -0.309 e. The molecule has 0 radical (unpaired) electrons. The summed E-state index contributed by atoms with van der Waals surface area (Å²) in [7, 11) is 0.